The van der Waals surface area contributed by atoms with Gasteiger partial charge in [0.05, 0.1) is 5.69 Å². The third kappa shape index (κ3) is 3.27. The number of amides is 1. The van der Waals surface area contributed by atoms with Crippen LogP contribution in [-0.2, 0) is 4.79 Å². The molecule has 0 bridgehead atoms. The fraction of sp³-hybridized carbons (Fsp3) is 0.353. The molecule has 1 aliphatic rings. The second kappa shape index (κ2) is 6.04. The van der Waals surface area contributed by atoms with Crippen molar-refractivity contribution in [2.24, 2.45) is 5.92 Å². The number of carbonyl (C=O) groups excluding carboxylic acids is 1. The van der Waals surface area contributed by atoms with E-state index in [4.69, 9.17) is 0 Å². The molecule has 2 aromatic heterocycles. The molecule has 1 saturated carbocycles. The van der Waals surface area contributed by atoms with Crippen LogP contribution in [0.15, 0.2) is 36.7 Å². The summed E-state index contributed by atoms with van der Waals surface area (Å²) in [5.41, 5.74) is 2.95. The van der Waals surface area contributed by atoms with Gasteiger partial charge in [0.25, 0.3) is 0 Å². The van der Waals surface area contributed by atoms with Gasteiger partial charge in [-0.3, -0.25) is 9.78 Å². The van der Waals surface area contributed by atoms with E-state index in [0.717, 1.165) is 16.8 Å². The van der Waals surface area contributed by atoms with Gasteiger partial charge in [0.1, 0.15) is 5.82 Å². The van der Waals surface area contributed by atoms with Crippen molar-refractivity contribution in [1.29, 1.82) is 0 Å². The number of aryl methyl sites for hydroxylation is 1. The van der Waals surface area contributed by atoms with Crippen molar-refractivity contribution in [2.45, 2.75) is 32.6 Å². The van der Waals surface area contributed by atoms with Crippen LogP contribution in [-0.4, -0.2) is 15.9 Å². The number of nitrogens with one attached hydrogen (secondary N) is 1. The van der Waals surface area contributed by atoms with Crippen LogP contribution in [0.4, 0.5) is 5.82 Å². The molecule has 1 fully saturated rings. The van der Waals surface area contributed by atoms with Crippen LogP contribution < -0.4 is 5.32 Å². The summed E-state index contributed by atoms with van der Waals surface area (Å²) in [6.07, 6.45) is 7.76. The monoisotopic (exact) mass is 281 g/mol. The predicted octanol–water partition coefficient (Wildman–Crippen LogP) is 3.58. The Morgan fingerprint density at radius 2 is 2.19 bits per heavy atom. The van der Waals surface area contributed by atoms with Gasteiger partial charge >= 0.3 is 0 Å². The number of anilines is 1. The number of carbonyl (C=O) groups is 1. The number of pyridine rings is 2. The summed E-state index contributed by atoms with van der Waals surface area (Å²) >= 11 is 0. The zero-order chi connectivity index (χ0) is 14.7. The topological polar surface area (TPSA) is 54.9 Å². The van der Waals surface area contributed by atoms with E-state index in [1.54, 1.807) is 12.4 Å². The summed E-state index contributed by atoms with van der Waals surface area (Å²) in [6, 6.07) is 7.71. The van der Waals surface area contributed by atoms with Crippen LogP contribution in [0.2, 0.25) is 0 Å². The molecule has 0 saturated heterocycles. The van der Waals surface area contributed by atoms with Crippen molar-refractivity contribution in [2.75, 3.05) is 5.32 Å². The molecular weight excluding hydrogens is 262 g/mol. The molecule has 0 atom stereocenters. The Labute approximate surface area is 124 Å². The number of aromatic nitrogens is 2. The van der Waals surface area contributed by atoms with Crippen molar-refractivity contribution < 1.29 is 4.79 Å². The van der Waals surface area contributed by atoms with E-state index in [1.807, 2.05) is 31.2 Å². The molecule has 3 rings (SSSR count). The molecule has 1 amide bonds. The maximum absolute atomic E-state index is 12.0. The molecule has 0 aromatic carbocycles. The fourth-order valence-corrected chi connectivity index (χ4v) is 2.54. The molecule has 108 valence electrons. The van der Waals surface area contributed by atoms with Crippen LogP contribution in [0, 0.1) is 12.8 Å². The second-order valence-corrected chi connectivity index (χ2v) is 5.65. The van der Waals surface area contributed by atoms with E-state index in [2.05, 4.69) is 15.3 Å². The molecule has 0 unspecified atom stereocenters. The number of hydrogen-bond donors (Lipinski definition) is 1. The highest BCUT2D eigenvalue weighted by Crippen LogP contribution is 2.30. The first-order valence-electron chi connectivity index (χ1n) is 7.40. The fourth-order valence-electron chi connectivity index (χ4n) is 2.54. The third-order valence-electron chi connectivity index (χ3n) is 4.01. The molecule has 2 heterocycles. The molecule has 1 N–H and O–H groups in total. The van der Waals surface area contributed by atoms with Crippen molar-refractivity contribution in [3.8, 4) is 11.3 Å². The van der Waals surface area contributed by atoms with Crippen molar-refractivity contribution in [3.05, 3.63) is 42.2 Å². The number of rotatable bonds is 4. The first-order valence-corrected chi connectivity index (χ1v) is 7.40. The molecular formula is C17H19N3O. The molecule has 0 radical (unpaired) electrons. The molecule has 4 nitrogen and oxygen atoms in total. The van der Waals surface area contributed by atoms with Gasteiger partial charge in [-0.2, -0.15) is 0 Å². The smallest absolute Gasteiger partial charge is 0.225 e. The Bertz CT molecular complexity index is 636. The summed E-state index contributed by atoms with van der Waals surface area (Å²) in [5, 5.41) is 2.90. The van der Waals surface area contributed by atoms with Crippen LogP contribution >= 0.6 is 0 Å². The quantitative estimate of drug-likeness (QED) is 0.932. The van der Waals surface area contributed by atoms with Gasteiger partial charge < -0.3 is 5.32 Å². The molecule has 2 aromatic rings. The molecule has 4 heteroatoms. The second-order valence-electron chi connectivity index (χ2n) is 5.65. The Morgan fingerprint density at radius 1 is 1.33 bits per heavy atom. The van der Waals surface area contributed by atoms with Gasteiger partial charge in [0, 0.05) is 24.4 Å². The maximum Gasteiger partial charge on any atom is 0.225 e. The summed E-state index contributed by atoms with van der Waals surface area (Å²) in [7, 11) is 0. The lowest BCUT2D eigenvalue weighted by Gasteiger charge is -2.24. The van der Waals surface area contributed by atoms with E-state index in [-0.39, 0.29) is 5.91 Å². The van der Waals surface area contributed by atoms with Gasteiger partial charge in [0.2, 0.25) is 5.91 Å². The van der Waals surface area contributed by atoms with Gasteiger partial charge in [-0.05, 0) is 49.4 Å². The van der Waals surface area contributed by atoms with Gasteiger partial charge in [-0.15, -0.1) is 0 Å². The lowest BCUT2D eigenvalue weighted by molar-refractivity contribution is -0.117. The van der Waals surface area contributed by atoms with Crippen molar-refractivity contribution in [1.82, 2.24) is 9.97 Å². The van der Waals surface area contributed by atoms with Crippen LogP contribution in [0.5, 0.6) is 0 Å². The van der Waals surface area contributed by atoms with Crippen LogP contribution in [0.1, 0.15) is 31.2 Å². The van der Waals surface area contributed by atoms with Crippen molar-refractivity contribution >= 4 is 11.7 Å². The van der Waals surface area contributed by atoms with Gasteiger partial charge in [-0.1, -0.05) is 12.5 Å². The SMILES string of the molecule is Cc1cnc(NC(=O)CC2CCC2)cc1-c1ccccn1. The molecule has 21 heavy (non-hydrogen) atoms. The summed E-state index contributed by atoms with van der Waals surface area (Å²) in [6.45, 7) is 2.00. The summed E-state index contributed by atoms with van der Waals surface area (Å²) in [5.74, 6) is 1.22. The van der Waals surface area contributed by atoms with Crippen LogP contribution in [0.25, 0.3) is 11.3 Å². The lowest BCUT2D eigenvalue weighted by Crippen LogP contribution is -2.21. The highest BCUT2D eigenvalue weighted by molar-refractivity contribution is 5.90. The normalized spacial score (nSPS) is 14.5. The first kappa shape index (κ1) is 13.7. The maximum atomic E-state index is 12.0. The van der Waals surface area contributed by atoms with E-state index in [1.165, 1.54) is 19.3 Å². The number of hydrogen-bond acceptors (Lipinski definition) is 3. The van der Waals surface area contributed by atoms with Crippen LogP contribution in [0.3, 0.4) is 0 Å². The highest BCUT2D eigenvalue weighted by atomic mass is 16.1. The third-order valence-corrected chi connectivity index (χ3v) is 4.01. The largest absolute Gasteiger partial charge is 0.311 e. The molecule has 0 aliphatic heterocycles. The average molecular weight is 281 g/mol. The average Bonchev–Trinajstić information content (AvgIpc) is 2.46. The zero-order valence-corrected chi connectivity index (χ0v) is 12.2. The highest BCUT2D eigenvalue weighted by Gasteiger charge is 2.20. The molecule has 1 aliphatic carbocycles. The Morgan fingerprint density at radius 3 is 2.86 bits per heavy atom. The minimum absolute atomic E-state index is 0.0584. The summed E-state index contributed by atoms with van der Waals surface area (Å²) < 4.78 is 0. The van der Waals surface area contributed by atoms with Crippen molar-refractivity contribution in [3.63, 3.8) is 0 Å². The van der Waals surface area contributed by atoms with E-state index < -0.39 is 0 Å². The van der Waals surface area contributed by atoms with Gasteiger partial charge in [-0.25, -0.2) is 4.98 Å². The zero-order valence-electron chi connectivity index (χ0n) is 12.2. The predicted molar refractivity (Wildman–Crippen MR) is 82.8 cm³/mol. The molecule has 0 spiro atoms. The Hall–Kier alpha value is -2.23. The minimum atomic E-state index is 0.0584. The van der Waals surface area contributed by atoms with E-state index in [9.17, 15) is 4.79 Å². The Kier molecular flexibility index (Phi) is 3.95. The minimum Gasteiger partial charge on any atom is -0.311 e. The summed E-state index contributed by atoms with van der Waals surface area (Å²) in [4.78, 5) is 20.6. The van der Waals surface area contributed by atoms with E-state index >= 15 is 0 Å². The number of nitrogens with zero attached hydrogens (tertiary/aromatic N) is 2. The first-order chi connectivity index (χ1) is 10.2. The standard InChI is InChI=1S/C17H19N3O/c1-12-11-19-16(20-17(21)9-13-5-4-6-13)10-14(12)15-7-2-3-8-18-15/h2-3,7-8,10-11,13H,4-6,9H2,1H3,(H,19,20,21). The Balaban J connectivity index is 1.76. The van der Waals surface area contributed by atoms with E-state index in [0.29, 0.717) is 18.2 Å². The lowest BCUT2D eigenvalue weighted by atomic mass is 9.83. The van der Waals surface area contributed by atoms with Gasteiger partial charge in [0.15, 0.2) is 0 Å².